The van der Waals surface area contributed by atoms with Crippen molar-refractivity contribution < 1.29 is 4.52 Å². The first-order valence-corrected chi connectivity index (χ1v) is 9.91. The van der Waals surface area contributed by atoms with Gasteiger partial charge in [0.05, 0.1) is 5.69 Å². The molecule has 0 amide bonds. The van der Waals surface area contributed by atoms with E-state index >= 15 is 0 Å². The summed E-state index contributed by atoms with van der Waals surface area (Å²) in [5.41, 5.74) is 6.08. The number of fused-ring (bicyclic) bond motifs is 1. The number of benzene rings is 2. The van der Waals surface area contributed by atoms with Crippen LogP contribution in [0.15, 0.2) is 64.2 Å². The van der Waals surface area contributed by atoms with Crippen LogP contribution in [0.1, 0.15) is 22.6 Å². The fraction of sp³-hybridized carbons (Fsp3) is 0.174. The van der Waals surface area contributed by atoms with E-state index in [0.29, 0.717) is 17.2 Å². The smallest absolute Gasteiger partial charge is 0.293 e. The molecule has 0 aliphatic carbocycles. The van der Waals surface area contributed by atoms with Crippen molar-refractivity contribution in [3.8, 4) is 22.6 Å². The second-order valence-electron chi connectivity index (χ2n) is 7.65. The Bertz CT molecular complexity index is 1480. The van der Waals surface area contributed by atoms with E-state index < -0.39 is 0 Å². The van der Waals surface area contributed by atoms with Crippen LogP contribution in [0, 0.1) is 20.8 Å². The molecule has 2 aromatic carbocycles. The van der Waals surface area contributed by atoms with Crippen LogP contribution in [0.3, 0.4) is 0 Å². The number of hydrogen-bond acceptors (Lipinski definition) is 6. The minimum Gasteiger partial charge on any atom is -0.337 e. The predicted octanol–water partition coefficient (Wildman–Crippen LogP) is 3.58. The highest BCUT2D eigenvalue weighted by atomic mass is 16.5. The van der Waals surface area contributed by atoms with Crippen LogP contribution in [0.5, 0.6) is 0 Å². The van der Waals surface area contributed by atoms with Crippen LogP contribution < -0.4 is 5.56 Å². The maximum atomic E-state index is 13.0. The molecule has 0 saturated carbocycles. The maximum Gasteiger partial charge on any atom is 0.293 e. The van der Waals surface area contributed by atoms with Crippen molar-refractivity contribution in [2.24, 2.45) is 0 Å². The van der Waals surface area contributed by atoms with Crippen molar-refractivity contribution in [3.05, 3.63) is 87.8 Å². The lowest BCUT2D eigenvalue weighted by molar-refractivity contribution is 0.362. The highest BCUT2D eigenvalue weighted by Crippen LogP contribution is 2.23. The third kappa shape index (κ3) is 3.52. The lowest BCUT2D eigenvalue weighted by Gasteiger charge is -2.03. The number of aromatic nitrogens is 6. The Kier molecular flexibility index (Phi) is 4.47. The average molecular weight is 412 g/mol. The Labute approximate surface area is 177 Å². The summed E-state index contributed by atoms with van der Waals surface area (Å²) in [6.07, 6.45) is 1.52. The molecule has 3 aromatic heterocycles. The van der Waals surface area contributed by atoms with Crippen molar-refractivity contribution >= 4 is 5.52 Å². The van der Waals surface area contributed by atoms with Crippen molar-refractivity contribution in [2.75, 3.05) is 0 Å². The summed E-state index contributed by atoms with van der Waals surface area (Å²) in [6.45, 7) is 6.14. The molecule has 154 valence electrons. The zero-order valence-electron chi connectivity index (χ0n) is 17.4. The third-order valence-corrected chi connectivity index (χ3v) is 5.19. The molecule has 8 heteroatoms. The second-order valence-corrected chi connectivity index (χ2v) is 7.65. The van der Waals surface area contributed by atoms with E-state index in [1.54, 1.807) is 6.07 Å². The molecule has 5 aromatic rings. The van der Waals surface area contributed by atoms with Gasteiger partial charge in [-0.25, -0.2) is 9.20 Å². The van der Waals surface area contributed by atoms with Gasteiger partial charge in [0.25, 0.3) is 5.56 Å². The largest absolute Gasteiger partial charge is 0.337 e. The van der Waals surface area contributed by atoms with Crippen LogP contribution in [0.25, 0.3) is 28.2 Å². The zero-order valence-corrected chi connectivity index (χ0v) is 17.4. The zero-order chi connectivity index (χ0) is 21.5. The van der Waals surface area contributed by atoms with E-state index in [9.17, 15) is 4.79 Å². The molecule has 0 saturated heterocycles. The highest BCUT2D eigenvalue weighted by Gasteiger charge is 2.15. The van der Waals surface area contributed by atoms with Crippen LogP contribution in [-0.2, 0) is 6.54 Å². The molecular weight excluding hydrogens is 392 g/mol. The summed E-state index contributed by atoms with van der Waals surface area (Å²) in [5, 5.41) is 12.8. The minimum atomic E-state index is -0.276. The molecule has 31 heavy (non-hydrogen) atoms. The first-order chi connectivity index (χ1) is 15.0. The minimum absolute atomic E-state index is 0.0815. The molecule has 8 nitrogen and oxygen atoms in total. The summed E-state index contributed by atoms with van der Waals surface area (Å²) >= 11 is 0. The van der Waals surface area contributed by atoms with Crippen molar-refractivity contribution in [3.63, 3.8) is 0 Å². The van der Waals surface area contributed by atoms with Crippen molar-refractivity contribution in [2.45, 2.75) is 27.3 Å². The van der Waals surface area contributed by atoms with Gasteiger partial charge in [-0.05, 0) is 44.5 Å². The van der Waals surface area contributed by atoms with Gasteiger partial charge in [0, 0.05) is 11.1 Å². The summed E-state index contributed by atoms with van der Waals surface area (Å²) in [4.78, 5) is 17.4. The molecule has 3 heterocycles. The molecule has 0 radical (unpaired) electrons. The van der Waals surface area contributed by atoms with Gasteiger partial charge >= 0.3 is 0 Å². The molecule has 0 atom stereocenters. The van der Waals surface area contributed by atoms with Gasteiger partial charge < -0.3 is 4.52 Å². The molecule has 0 fully saturated rings. The monoisotopic (exact) mass is 412 g/mol. The number of nitrogens with zero attached hydrogens (tertiary/aromatic N) is 6. The number of hydrogen-bond donors (Lipinski definition) is 0. The molecular formula is C23H20N6O2. The predicted molar refractivity (Wildman–Crippen MR) is 116 cm³/mol. The Hall–Kier alpha value is -4.07. The summed E-state index contributed by atoms with van der Waals surface area (Å²) in [7, 11) is 0. The van der Waals surface area contributed by atoms with E-state index in [4.69, 9.17) is 4.52 Å². The molecule has 0 N–H and O–H groups in total. The second kappa shape index (κ2) is 7.32. The summed E-state index contributed by atoms with van der Waals surface area (Å²) in [6, 6.07) is 15.8. The lowest BCUT2D eigenvalue weighted by Crippen LogP contribution is -2.25. The van der Waals surface area contributed by atoms with Crippen molar-refractivity contribution in [1.82, 2.24) is 29.5 Å². The molecule has 0 aliphatic heterocycles. The summed E-state index contributed by atoms with van der Waals surface area (Å²) < 4.78 is 8.16. The third-order valence-electron chi connectivity index (χ3n) is 5.19. The Morgan fingerprint density at radius 1 is 1.00 bits per heavy atom. The van der Waals surface area contributed by atoms with E-state index in [1.807, 2.05) is 51.1 Å². The molecule has 0 bridgehead atoms. The fourth-order valence-corrected chi connectivity index (χ4v) is 3.54. The van der Waals surface area contributed by atoms with E-state index in [2.05, 4.69) is 32.5 Å². The van der Waals surface area contributed by atoms with Gasteiger partial charge in [-0.2, -0.15) is 15.2 Å². The fourth-order valence-electron chi connectivity index (χ4n) is 3.54. The quantitative estimate of drug-likeness (QED) is 0.448. The highest BCUT2D eigenvalue weighted by molar-refractivity contribution is 5.69. The molecule has 0 aliphatic rings. The van der Waals surface area contributed by atoms with Gasteiger partial charge in [0.2, 0.25) is 11.7 Å². The van der Waals surface area contributed by atoms with Gasteiger partial charge in [-0.3, -0.25) is 4.79 Å². The SMILES string of the molecule is Cc1cccc(-c2noc(Cn3ncn4nc(-c5cc(C)ccc5C)cc4c3=O)n2)c1. The molecule has 5 rings (SSSR count). The Morgan fingerprint density at radius 2 is 1.84 bits per heavy atom. The van der Waals surface area contributed by atoms with Crippen LogP contribution in [0.2, 0.25) is 0 Å². The molecule has 0 spiro atoms. The molecule has 0 unspecified atom stereocenters. The number of rotatable bonds is 4. The Balaban J connectivity index is 1.48. The first kappa shape index (κ1) is 18.9. The van der Waals surface area contributed by atoms with Crippen LogP contribution in [0.4, 0.5) is 0 Å². The summed E-state index contributed by atoms with van der Waals surface area (Å²) in [5.74, 6) is 0.791. The van der Waals surface area contributed by atoms with E-state index in [-0.39, 0.29) is 12.1 Å². The standard InChI is InChI=1S/C23H20N6O2/c1-14-5-4-6-17(9-14)22-25-21(31-27-22)12-28-23(30)20-11-19(26-29(20)13-24-28)18-10-15(2)7-8-16(18)3/h4-11,13H,12H2,1-3H3. The van der Waals surface area contributed by atoms with Crippen LogP contribution >= 0.6 is 0 Å². The van der Waals surface area contributed by atoms with Gasteiger partial charge in [0.15, 0.2) is 0 Å². The van der Waals surface area contributed by atoms with E-state index in [0.717, 1.165) is 33.5 Å². The van der Waals surface area contributed by atoms with Gasteiger partial charge in [-0.15, -0.1) is 0 Å². The lowest BCUT2D eigenvalue weighted by atomic mass is 10.0. The topological polar surface area (TPSA) is 91.1 Å². The Morgan fingerprint density at radius 3 is 2.68 bits per heavy atom. The maximum absolute atomic E-state index is 13.0. The first-order valence-electron chi connectivity index (χ1n) is 9.91. The van der Waals surface area contributed by atoms with Crippen molar-refractivity contribution in [1.29, 1.82) is 0 Å². The van der Waals surface area contributed by atoms with Gasteiger partial charge in [0.1, 0.15) is 18.4 Å². The van der Waals surface area contributed by atoms with Crippen LogP contribution in [-0.4, -0.2) is 29.5 Å². The number of aryl methyl sites for hydroxylation is 3. The van der Waals surface area contributed by atoms with E-state index in [1.165, 1.54) is 15.5 Å². The van der Waals surface area contributed by atoms with Gasteiger partial charge in [-0.1, -0.05) is 46.6 Å². The normalized spacial score (nSPS) is 11.3. The average Bonchev–Trinajstić information content (AvgIpc) is 3.39.